The van der Waals surface area contributed by atoms with Crippen molar-refractivity contribution < 1.29 is 19.7 Å². The summed E-state index contributed by atoms with van der Waals surface area (Å²) in [5, 5.41) is 34.6. The van der Waals surface area contributed by atoms with Gasteiger partial charge in [0.1, 0.15) is 10.0 Å². The topological polar surface area (TPSA) is 123 Å². The highest BCUT2D eigenvalue weighted by atomic mass is 35.5. The van der Waals surface area contributed by atoms with Crippen LogP contribution in [0.25, 0.3) is 16.7 Å². The first-order valence-electron chi connectivity index (χ1n) is 10.0. The molecule has 4 N–H and O–H groups in total. The molecule has 0 amide bonds. The second kappa shape index (κ2) is 7.85. The summed E-state index contributed by atoms with van der Waals surface area (Å²) in [5.41, 5.74) is 8.15. The van der Waals surface area contributed by atoms with Crippen molar-refractivity contribution in [1.82, 2.24) is 0 Å². The van der Waals surface area contributed by atoms with E-state index in [0.717, 1.165) is 11.3 Å². The average molecular weight is 502 g/mol. The summed E-state index contributed by atoms with van der Waals surface area (Å²) < 4.78 is 0.667. The van der Waals surface area contributed by atoms with Crippen molar-refractivity contribution in [3.63, 3.8) is 0 Å². The van der Waals surface area contributed by atoms with Gasteiger partial charge in [0.25, 0.3) is 0 Å². The van der Waals surface area contributed by atoms with E-state index in [4.69, 9.17) is 28.9 Å². The Bertz CT molecular complexity index is 1400. The number of carboxylic acids is 1. The Balaban J connectivity index is 1.49. The number of halogens is 2. The van der Waals surface area contributed by atoms with Crippen LogP contribution >= 0.6 is 34.5 Å². The van der Waals surface area contributed by atoms with Crippen molar-refractivity contribution in [2.75, 3.05) is 5.73 Å². The summed E-state index contributed by atoms with van der Waals surface area (Å²) in [4.78, 5) is 16.5. The zero-order valence-electron chi connectivity index (χ0n) is 17.0. The monoisotopic (exact) mass is 501 g/mol. The molecule has 0 fully saturated rings. The number of aromatic nitrogens is 1. The molecule has 5 rings (SSSR count). The molecule has 33 heavy (non-hydrogen) atoms. The van der Waals surface area contributed by atoms with E-state index in [0.29, 0.717) is 54.7 Å². The molecule has 7 nitrogen and oxygen atoms in total. The molecule has 0 bridgehead atoms. The predicted molar refractivity (Wildman–Crippen MR) is 129 cm³/mol. The standard InChI is InChI=1S/C23H17Cl2N3O4S/c24-13-1-2-16(26)14(8-13)12-7-11-5-6-23(31,20(11)28(32)10-12)19-9-15(21(25)27-19)17-3-4-18(33-17)22(29)30/h1-4,7-8,10,31H,5-6,9,26H2,(H,29,30). The largest absolute Gasteiger partial charge is 0.618 e. The number of nitrogens with two attached hydrogens (primary N) is 1. The van der Waals surface area contributed by atoms with E-state index < -0.39 is 11.6 Å². The Morgan fingerprint density at radius 3 is 2.76 bits per heavy atom. The average Bonchev–Trinajstić information content (AvgIpc) is 3.48. The number of nitrogen functional groups attached to an aromatic ring is 1. The van der Waals surface area contributed by atoms with Gasteiger partial charge in [-0.2, -0.15) is 4.73 Å². The highest BCUT2D eigenvalue weighted by Crippen LogP contribution is 2.45. The fourth-order valence-electron chi connectivity index (χ4n) is 4.41. The quantitative estimate of drug-likeness (QED) is 0.209. The fourth-order valence-corrected chi connectivity index (χ4v) is 5.80. The number of hydrogen-bond acceptors (Lipinski definition) is 6. The minimum Gasteiger partial charge on any atom is -0.618 e. The number of thiophene rings is 1. The maximum Gasteiger partial charge on any atom is 0.345 e. The van der Waals surface area contributed by atoms with Gasteiger partial charge in [-0.1, -0.05) is 23.2 Å². The van der Waals surface area contributed by atoms with Crippen LogP contribution in [-0.2, 0) is 12.0 Å². The van der Waals surface area contributed by atoms with Crippen molar-refractivity contribution in [3.8, 4) is 11.1 Å². The van der Waals surface area contributed by atoms with E-state index >= 15 is 0 Å². The van der Waals surface area contributed by atoms with Crippen molar-refractivity contribution in [2.45, 2.75) is 24.9 Å². The van der Waals surface area contributed by atoms with Gasteiger partial charge < -0.3 is 21.2 Å². The molecule has 3 heterocycles. The molecule has 1 aliphatic heterocycles. The molecule has 0 saturated heterocycles. The summed E-state index contributed by atoms with van der Waals surface area (Å²) in [6.07, 6.45) is 2.34. The van der Waals surface area contributed by atoms with E-state index in [1.165, 1.54) is 12.3 Å². The third kappa shape index (κ3) is 3.59. The zero-order valence-corrected chi connectivity index (χ0v) is 19.3. The van der Waals surface area contributed by atoms with Gasteiger partial charge in [-0.3, -0.25) is 0 Å². The Kier molecular flexibility index (Phi) is 5.21. The number of carbonyl (C=O) groups is 1. The summed E-state index contributed by atoms with van der Waals surface area (Å²) in [6, 6.07) is 10.1. The number of fused-ring (bicyclic) bond motifs is 1. The molecule has 2 aliphatic rings. The Hall–Kier alpha value is -2.91. The second-order valence-electron chi connectivity index (χ2n) is 7.99. The molecule has 0 spiro atoms. The van der Waals surface area contributed by atoms with E-state index in [1.807, 2.05) is 6.07 Å². The van der Waals surface area contributed by atoms with Crippen LogP contribution in [-0.4, -0.2) is 21.9 Å². The van der Waals surface area contributed by atoms with Gasteiger partial charge in [0.05, 0.1) is 5.71 Å². The number of nitrogens with zero attached hydrogens (tertiary/aromatic N) is 2. The zero-order chi connectivity index (χ0) is 23.5. The minimum absolute atomic E-state index is 0.186. The molecule has 0 saturated carbocycles. The van der Waals surface area contributed by atoms with Crippen LogP contribution in [0.5, 0.6) is 0 Å². The lowest BCUT2D eigenvalue weighted by molar-refractivity contribution is -0.619. The van der Waals surface area contributed by atoms with Crippen LogP contribution in [0.15, 0.2) is 52.7 Å². The maximum atomic E-state index is 13.1. The van der Waals surface area contributed by atoms with Crippen molar-refractivity contribution in [1.29, 1.82) is 0 Å². The molecule has 3 aromatic rings. The van der Waals surface area contributed by atoms with Crippen molar-refractivity contribution in [2.24, 2.45) is 4.99 Å². The number of hydrogen-bond donors (Lipinski definition) is 3. The van der Waals surface area contributed by atoms with Gasteiger partial charge in [0, 0.05) is 44.3 Å². The molecule has 1 unspecified atom stereocenters. The van der Waals surface area contributed by atoms with Crippen LogP contribution in [0.2, 0.25) is 5.02 Å². The fraction of sp³-hybridized carbons (Fsp3) is 0.174. The first-order valence-corrected chi connectivity index (χ1v) is 11.6. The number of aliphatic imine (C=N–C) groups is 1. The van der Waals surface area contributed by atoms with Gasteiger partial charge in [-0.05, 0) is 49.2 Å². The van der Waals surface area contributed by atoms with E-state index in [-0.39, 0.29) is 28.6 Å². The molecular formula is C23H17Cl2N3O4S. The Morgan fingerprint density at radius 1 is 1.24 bits per heavy atom. The minimum atomic E-state index is -1.58. The molecule has 1 aliphatic carbocycles. The van der Waals surface area contributed by atoms with Crippen LogP contribution in [0.1, 0.15) is 38.6 Å². The van der Waals surface area contributed by atoms with Gasteiger partial charge >= 0.3 is 5.97 Å². The maximum absolute atomic E-state index is 13.1. The molecular weight excluding hydrogens is 485 g/mol. The lowest BCUT2D eigenvalue weighted by atomic mass is 9.90. The van der Waals surface area contributed by atoms with Gasteiger partial charge in [-0.15, -0.1) is 11.3 Å². The lowest BCUT2D eigenvalue weighted by Gasteiger charge is -2.22. The number of rotatable bonds is 4. The van der Waals surface area contributed by atoms with Gasteiger partial charge in [-0.25, -0.2) is 9.79 Å². The highest BCUT2D eigenvalue weighted by molar-refractivity contribution is 7.15. The number of aromatic carboxylic acids is 1. The van der Waals surface area contributed by atoms with Crippen molar-refractivity contribution >= 4 is 57.5 Å². The van der Waals surface area contributed by atoms with E-state index in [1.54, 1.807) is 24.3 Å². The number of aryl methyl sites for hydroxylation is 1. The van der Waals surface area contributed by atoms with Crippen LogP contribution < -0.4 is 10.5 Å². The highest BCUT2D eigenvalue weighted by Gasteiger charge is 2.50. The second-order valence-corrected chi connectivity index (χ2v) is 9.87. The Labute approximate surface area is 202 Å². The smallest absolute Gasteiger partial charge is 0.345 e. The molecule has 10 heteroatoms. The van der Waals surface area contributed by atoms with Gasteiger partial charge in [0.2, 0.25) is 5.69 Å². The first-order chi connectivity index (χ1) is 15.7. The van der Waals surface area contributed by atoms with E-state index in [2.05, 4.69) is 4.99 Å². The molecule has 1 atom stereocenters. The number of benzene rings is 1. The van der Waals surface area contributed by atoms with E-state index in [9.17, 15) is 20.2 Å². The normalized spacial score (nSPS) is 19.7. The van der Waals surface area contributed by atoms with Gasteiger partial charge in [0.15, 0.2) is 11.8 Å². The molecule has 1 aromatic carbocycles. The number of aliphatic hydroxyl groups is 1. The van der Waals surface area contributed by atoms with Crippen LogP contribution in [0.3, 0.4) is 0 Å². The third-order valence-corrected chi connectivity index (χ3v) is 7.68. The Morgan fingerprint density at radius 2 is 2.03 bits per heavy atom. The molecule has 2 aromatic heterocycles. The number of anilines is 1. The molecule has 0 radical (unpaired) electrons. The van der Waals surface area contributed by atoms with Crippen LogP contribution in [0.4, 0.5) is 5.69 Å². The summed E-state index contributed by atoms with van der Waals surface area (Å²) >= 11 is 13.6. The third-order valence-electron chi connectivity index (χ3n) is 6.00. The summed E-state index contributed by atoms with van der Waals surface area (Å²) in [5.74, 6) is -1.02. The number of allylic oxidation sites excluding steroid dienone is 1. The molecule has 168 valence electrons. The summed E-state index contributed by atoms with van der Waals surface area (Å²) in [7, 11) is 0. The first kappa shape index (κ1) is 21.9. The SMILES string of the molecule is Nc1ccc(Cl)cc1-c1cc2c([n+]([O-])c1)C(O)(C1=NC(Cl)=C(c3ccc(C(=O)O)s3)C1)CC2. The number of pyridine rings is 1. The predicted octanol–water partition coefficient (Wildman–Crippen LogP) is 4.57. The summed E-state index contributed by atoms with van der Waals surface area (Å²) in [6.45, 7) is 0. The lowest BCUT2D eigenvalue weighted by Crippen LogP contribution is -2.45. The van der Waals surface area contributed by atoms with Crippen molar-refractivity contribution in [3.05, 3.63) is 79.0 Å². The number of carboxylic acid groups (broad SMARTS) is 1. The van der Waals surface area contributed by atoms with Crippen LogP contribution in [0, 0.1) is 5.21 Å².